The van der Waals surface area contributed by atoms with Crippen molar-refractivity contribution >= 4 is 5.95 Å². The monoisotopic (exact) mass is 215 g/mol. The molecule has 0 aliphatic heterocycles. The Balaban J connectivity index is 2.26. The van der Waals surface area contributed by atoms with Gasteiger partial charge in [-0.3, -0.25) is 4.57 Å². The van der Waals surface area contributed by atoms with Crippen molar-refractivity contribution in [2.75, 3.05) is 11.9 Å². The minimum atomic E-state index is 0.908. The van der Waals surface area contributed by atoms with Crippen molar-refractivity contribution in [2.45, 2.75) is 20.3 Å². The highest BCUT2D eigenvalue weighted by molar-refractivity contribution is 5.42. The fraction of sp³-hybridized carbons (Fsp3) is 0.308. The van der Waals surface area contributed by atoms with E-state index >= 15 is 0 Å². The number of aryl methyl sites for hydroxylation is 1. The molecular weight excluding hydrogens is 198 g/mol. The van der Waals surface area contributed by atoms with Gasteiger partial charge in [0, 0.05) is 24.6 Å². The summed E-state index contributed by atoms with van der Waals surface area (Å²) in [4.78, 5) is 4.30. The van der Waals surface area contributed by atoms with Gasteiger partial charge in [-0.1, -0.05) is 24.6 Å². The molecule has 1 heterocycles. The van der Waals surface area contributed by atoms with E-state index in [1.165, 1.54) is 5.56 Å². The van der Waals surface area contributed by atoms with Gasteiger partial charge in [0.2, 0.25) is 5.95 Å². The van der Waals surface area contributed by atoms with Crippen LogP contribution in [0, 0.1) is 6.92 Å². The summed E-state index contributed by atoms with van der Waals surface area (Å²) >= 11 is 0. The predicted molar refractivity (Wildman–Crippen MR) is 67.1 cm³/mol. The zero-order chi connectivity index (χ0) is 11.4. The first-order valence-electron chi connectivity index (χ1n) is 5.65. The Kier molecular flexibility index (Phi) is 3.25. The maximum atomic E-state index is 4.30. The number of imidazole rings is 1. The second-order valence-corrected chi connectivity index (χ2v) is 3.88. The number of rotatable bonds is 4. The van der Waals surface area contributed by atoms with Crippen molar-refractivity contribution in [3.05, 3.63) is 42.2 Å². The van der Waals surface area contributed by atoms with Crippen LogP contribution in [0.2, 0.25) is 0 Å². The molecule has 3 heteroatoms. The van der Waals surface area contributed by atoms with Crippen molar-refractivity contribution in [3.8, 4) is 5.69 Å². The summed E-state index contributed by atoms with van der Waals surface area (Å²) in [6.07, 6.45) is 4.89. The molecule has 0 atom stereocenters. The Morgan fingerprint density at radius 3 is 2.69 bits per heavy atom. The summed E-state index contributed by atoms with van der Waals surface area (Å²) in [6, 6.07) is 8.43. The average molecular weight is 215 g/mol. The van der Waals surface area contributed by atoms with Crippen molar-refractivity contribution in [2.24, 2.45) is 0 Å². The molecular formula is C13H17N3. The van der Waals surface area contributed by atoms with Crippen molar-refractivity contribution in [1.82, 2.24) is 9.55 Å². The van der Waals surface area contributed by atoms with Crippen LogP contribution in [0.4, 0.5) is 5.95 Å². The number of aromatic nitrogens is 2. The number of nitrogens with zero attached hydrogens (tertiary/aromatic N) is 2. The lowest BCUT2D eigenvalue weighted by Crippen LogP contribution is -2.06. The minimum absolute atomic E-state index is 0.908. The molecule has 0 saturated carbocycles. The molecule has 3 nitrogen and oxygen atoms in total. The van der Waals surface area contributed by atoms with Crippen molar-refractivity contribution in [1.29, 1.82) is 0 Å². The zero-order valence-electron chi connectivity index (χ0n) is 9.77. The average Bonchev–Trinajstić information content (AvgIpc) is 2.75. The van der Waals surface area contributed by atoms with Crippen LogP contribution in [0.3, 0.4) is 0 Å². The molecule has 2 aromatic rings. The lowest BCUT2D eigenvalue weighted by Gasteiger charge is -2.09. The van der Waals surface area contributed by atoms with Gasteiger partial charge in [0.05, 0.1) is 0 Å². The first kappa shape index (κ1) is 10.7. The molecule has 1 aromatic heterocycles. The molecule has 0 aliphatic carbocycles. The van der Waals surface area contributed by atoms with Gasteiger partial charge < -0.3 is 5.32 Å². The van der Waals surface area contributed by atoms with Crippen LogP contribution in [-0.2, 0) is 0 Å². The fourth-order valence-corrected chi connectivity index (χ4v) is 1.58. The van der Waals surface area contributed by atoms with Gasteiger partial charge >= 0.3 is 0 Å². The van der Waals surface area contributed by atoms with E-state index in [0.29, 0.717) is 0 Å². The van der Waals surface area contributed by atoms with E-state index in [1.54, 1.807) is 0 Å². The van der Waals surface area contributed by atoms with Gasteiger partial charge in [-0.05, 0) is 25.5 Å². The molecule has 0 fully saturated rings. The van der Waals surface area contributed by atoms with E-state index in [9.17, 15) is 0 Å². The molecule has 84 valence electrons. The lowest BCUT2D eigenvalue weighted by atomic mass is 10.2. The minimum Gasteiger partial charge on any atom is -0.355 e. The summed E-state index contributed by atoms with van der Waals surface area (Å²) in [5, 5.41) is 3.31. The smallest absolute Gasteiger partial charge is 0.207 e. The number of hydrogen-bond donors (Lipinski definition) is 1. The number of benzene rings is 1. The first-order valence-corrected chi connectivity index (χ1v) is 5.65. The standard InChI is InChI=1S/C13H17N3/c1-3-8-14-13-15-9-10-16(13)12-6-4-11(2)5-7-12/h4-7,9-10H,3,8H2,1-2H3,(H,14,15). The molecule has 0 amide bonds. The summed E-state index contributed by atoms with van der Waals surface area (Å²) in [5.41, 5.74) is 2.41. The summed E-state index contributed by atoms with van der Waals surface area (Å²) < 4.78 is 2.06. The van der Waals surface area contributed by atoms with Gasteiger partial charge in [-0.25, -0.2) is 4.98 Å². The Bertz CT molecular complexity index is 442. The fourth-order valence-electron chi connectivity index (χ4n) is 1.58. The summed E-state index contributed by atoms with van der Waals surface area (Å²) in [7, 11) is 0. The molecule has 1 aromatic carbocycles. The second kappa shape index (κ2) is 4.84. The van der Waals surface area contributed by atoms with Crippen molar-refractivity contribution in [3.63, 3.8) is 0 Å². The number of hydrogen-bond acceptors (Lipinski definition) is 2. The highest BCUT2D eigenvalue weighted by atomic mass is 15.2. The van der Waals surface area contributed by atoms with Crippen LogP contribution < -0.4 is 5.32 Å². The summed E-state index contributed by atoms with van der Waals surface area (Å²) in [6.45, 7) is 5.18. The molecule has 0 radical (unpaired) electrons. The van der Waals surface area contributed by atoms with Gasteiger partial charge in [0.15, 0.2) is 0 Å². The summed E-state index contributed by atoms with van der Waals surface area (Å²) in [5.74, 6) is 0.908. The Morgan fingerprint density at radius 2 is 2.00 bits per heavy atom. The second-order valence-electron chi connectivity index (χ2n) is 3.88. The maximum Gasteiger partial charge on any atom is 0.207 e. The normalized spacial score (nSPS) is 10.4. The van der Waals surface area contributed by atoms with Crippen LogP contribution >= 0.6 is 0 Å². The molecule has 0 unspecified atom stereocenters. The van der Waals surface area contributed by atoms with E-state index < -0.39 is 0 Å². The first-order chi connectivity index (χ1) is 7.81. The van der Waals surface area contributed by atoms with E-state index in [0.717, 1.165) is 24.6 Å². The van der Waals surface area contributed by atoms with Crippen LogP contribution in [0.15, 0.2) is 36.7 Å². The van der Waals surface area contributed by atoms with Gasteiger partial charge in [-0.2, -0.15) is 0 Å². The van der Waals surface area contributed by atoms with Crippen LogP contribution in [0.1, 0.15) is 18.9 Å². The van der Waals surface area contributed by atoms with E-state index in [1.807, 2.05) is 12.4 Å². The molecule has 0 spiro atoms. The SMILES string of the molecule is CCCNc1nccn1-c1ccc(C)cc1. The highest BCUT2D eigenvalue weighted by Gasteiger charge is 2.02. The van der Waals surface area contributed by atoms with Gasteiger partial charge in [-0.15, -0.1) is 0 Å². The molecule has 1 N–H and O–H groups in total. The third-order valence-corrected chi connectivity index (χ3v) is 2.49. The molecule has 0 saturated heterocycles. The Morgan fingerprint density at radius 1 is 1.25 bits per heavy atom. The van der Waals surface area contributed by atoms with Crippen LogP contribution in [-0.4, -0.2) is 16.1 Å². The maximum absolute atomic E-state index is 4.30. The zero-order valence-corrected chi connectivity index (χ0v) is 9.77. The third-order valence-electron chi connectivity index (χ3n) is 2.49. The van der Waals surface area contributed by atoms with Gasteiger partial charge in [0.25, 0.3) is 0 Å². The van der Waals surface area contributed by atoms with E-state index in [-0.39, 0.29) is 0 Å². The third kappa shape index (κ3) is 2.24. The van der Waals surface area contributed by atoms with Crippen LogP contribution in [0.5, 0.6) is 0 Å². The van der Waals surface area contributed by atoms with Crippen LogP contribution in [0.25, 0.3) is 5.69 Å². The Labute approximate surface area is 96.1 Å². The molecule has 16 heavy (non-hydrogen) atoms. The lowest BCUT2D eigenvalue weighted by molar-refractivity contribution is 0.937. The number of anilines is 1. The van der Waals surface area contributed by atoms with E-state index in [4.69, 9.17) is 0 Å². The highest BCUT2D eigenvalue weighted by Crippen LogP contribution is 2.14. The Hall–Kier alpha value is -1.77. The quantitative estimate of drug-likeness (QED) is 0.849. The van der Waals surface area contributed by atoms with Crippen molar-refractivity contribution < 1.29 is 0 Å². The molecule has 0 bridgehead atoms. The topological polar surface area (TPSA) is 29.9 Å². The number of nitrogens with one attached hydrogen (secondary N) is 1. The predicted octanol–water partition coefficient (Wildman–Crippen LogP) is 3.00. The largest absolute Gasteiger partial charge is 0.355 e. The molecule has 0 aliphatic rings. The van der Waals surface area contributed by atoms with E-state index in [2.05, 4.69) is 53.0 Å². The van der Waals surface area contributed by atoms with Gasteiger partial charge in [0.1, 0.15) is 0 Å². The molecule has 2 rings (SSSR count).